The number of rotatable bonds is 5. The number of hydrogen-bond donors (Lipinski definition) is 2. The Kier molecular flexibility index (Phi) is 5.18. The van der Waals surface area contributed by atoms with E-state index < -0.39 is 33.6 Å². The SMILES string of the molecule is Cc1ccc2nc(-c3ccc(NC(=O)c4c(C(=O)O)cccc4[N+](=O)[O-])cc3)sc2c1. The molecule has 0 saturated heterocycles. The molecule has 0 radical (unpaired) electrons. The predicted molar refractivity (Wildman–Crippen MR) is 118 cm³/mol. The molecule has 1 aromatic heterocycles. The molecule has 0 saturated carbocycles. The number of nitro groups is 1. The molecule has 0 bridgehead atoms. The van der Waals surface area contributed by atoms with E-state index in [9.17, 15) is 24.8 Å². The van der Waals surface area contributed by atoms with Crippen molar-refractivity contribution in [2.45, 2.75) is 6.92 Å². The first-order chi connectivity index (χ1) is 14.8. The standard InChI is InChI=1S/C22H15N3O5S/c1-12-5-10-16-18(11-12)31-21(24-16)13-6-8-14(9-7-13)23-20(26)19-15(22(27)28)3-2-4-17(19)25(29)30/h2-11H,1H3,(H,23,26)(H,27,28). The molecule has 9 heteroatoms. The van der Waals surface area contributed by atoms with E-state index in [1.165, 1.54) is 6.07 Å². The molecule has 0 aliphatic rings. The lowest BCUT2D eigenvalue weighted by molar-refractivity contribution is -0.385. The molecule has 0 unspecified atom stereocenters. The number of aromatic nitrogens is 1. The maximum Gasteiger partial charge on any atom is 0.336 e. The van der Waals surface area contributed by atoms with Gasteiger partial charge in [0.25, 0.3) is 11.6 Å². The summed E-state index contributed by atoms with van der Waals surface area (Å²) >= 11 is 1.55. The molecule has 31 heavy (non-hydrogen) atoms. The number of nitrogens with one attached hydrogen (secondary N) is 1. The van der Waals surface area contributed by atoms with E-state index in [1.54, 1.807) is 35.6 Å². The number of nitrogens with zero attached hydrogens (tertiary/aromatic N) is 2. The summed E-state index contributed by atoms with van der Waals surface area (Å²) in [6.07, 6.45) is 0. The van der Waals surface area contributed by atoms with Gasteiger partial charge in [-0.05, 0) is 55.0 Å². The lowest BCUT2D eigenvalue weighted by Crippen LogP contribution is -2.18. The van der Waals surface area contributed by atoms with Gasteiger partial charge in [-0.15, -0.1) is 11.3 Å². The highest BCUT2D eigenvalue weighted by molar-refractivity contribution is 7.21. The summed E-state index contributed by atoms with van der Waals surface area (Å²) in [6.45, 7) is 2.02. The molecule has 3 aromatic carbocycles. The first-order valence-electron chi connectivity index (χ1n) is 9.13. The van der Waals surface area contributed by atoms with Crippen molar-refractivity contribution in [3.63, 3.8) is 0 Å². The molecule has 4 aromatic rings. The van der Waals surface area contributed by atoms with Crippen LogP contribution in [0.1, 0.15) is 26.3 Å². The monoisotopic (exact) mass is 433 g/mol. The van der Waals surface area contributed by atoms with Crippen molar-refractivity contribution in [1.29, 1.82) is 0 Å². The zero-order valence-electron chi connectivity index (χ0n) is 16.2. The first-order valence-corrected chi connectivity index (χ1v) is 9.95. The van der Waals surface area contributed by atoms with E-state index >= 15 is 0 Å². The van der Waals surface area contributed by atoms with Crippen LogP contribution in [0.5, 0.6) is 0 Å². The van der Waals surface area contributed by atoms with Gasteiger partial charge in [0, 0.05) is 17.3 Å². The number of carboxylic acids is 1. The minimum Gasteiger partial charge on any atom is -0.478 e. The first kappa shape index (κ1) is 20.2. The van der Waals surface area contributed by atoms with Gasteiger partial charge in [-0.2, -0.15) is 0 Å². The van der Waals surface area contributed by atoms with E-state index in [1.807, 2.05) is 19.1 Å². The van der Waals surface area contributed by atoms with Gasteiger partial charge in [0.15, 0.2) is 0 Å². The number of carbonyl (C=O) groups is 2. The van der Waals surface area contributed by atoms with Crippen molar-refractivity contribution in [3.05, 3.63) is 87.5 Å². The highest BCUT2D eigenvalue weighted by Crippen LogP contribution is 2.31. The molecular weight excluding hydrogens is 418 g/mol. The highest BCUT2D eigenvalue weighted by atomic mass is 32.1. The predicted octanol–water partition coefficient (Wildman–Crippen LogP) is 5.13. The summed E-state index contributed by atoms with van der Waals surface area (Å²) in [5.74, 6) is -2.29. The van der Waals surface area contributed by atoms with Gasteiger partial charge < -0.3 is 10.4 Å². The third-order valence-electron chi connectivity index (χ3n) is 4.63. The fraction of sp³-hybridized carbons (Fsp3) is 0.0455. The second-order valence-electron chi connectivity index (χ2n) is 6.78. The van der Waals surface area contributed by atoms with Gasteiger partial charge in [0.1, 0.15) is 10.6 Å². The Balaban J connectivity index is 1.61. The van der Waals surface area contributed by atoms with Crippen LogP contribution in [0.15, 0.2) is 60.7 Å². The van der Waals surface area contributed by atoms with Crippen LogP contribution < -0.4 is 5.32 Å². The zero-order valence-corrected chi connectivity index (χ0v) is 17.0. The Morgan fingerprint density at radius 1 is 1.10 bits per heavy atom. The topological polar surface area (TPSA) is 122 Å². The summed E-state index contributed by atoms with van der Waals surface area (Å²) in [5.41, 5.74) is 1.78. The van der Waals surface area contributed by atoms with Gasteiger partial charge in [-0.1, -0.05) is 12.1 Å². The van der Waals surface area contributed by atoms with E-state index in [4.69, 9.17) is 0 Å². The van der Waals surface area contributed by atoms with Gasteiger partial charge in [-0.25, -0.2) is 9.78 Å². The van der Waals surface area contributed by atoms with Crippen LogP contribution in [-0.2, 0) is 0 Å². The fourth-order valence-corrected chi connectivity index (χ4v) is 4.22. The molecule has 8 nitrogen and oxygen atoms in total. The van der Waals surface area contributed by atoms with Crippen LogP contribution in [0.25, 0.3) is 20.8 Å². The van der Waals surface area contributed by atoms with E-state index in [2.05, 4.69) is 16.4 Å². The smallest absolute Gasteiger partial charge is 0.336 e. The fourth-order valence-electron chi connectivity index (χ4n) is 3.15. The highest BCUT2D eigenvalue weighted by Gasteiger charge is 2.27. The second kappa shape index (κ2) is 7.96. The number of carbonyl (C=O) groups excluding carboxylic acids is 1. The molecule has 1 heterocycles. The molecular formula is C22H15N3O5S. The van der Waals surface area contributed by atoms with Crippen LogP contribution in [0, 0.1) is 17.0 Å². The molecule has 1 amide bonds. The molecule has 0 fully saturated rings. The molecule has 2 N–H and O–H groups in total. The molecule has 4 rings (SSSR count). The van der Waals surface area contributed by atoms with Crippen LogP contribution >= 0.6 is 11.3 Å². The lowest BCUT2D eigenvalue weighted by Gasteiger charge is -2.09. The molecule has 0 aliphatic carbocycles. The van der Waals surface area contributed by atoms with Crippen molar-refractivity contribution in [2.24, 2.45) is 0 Å². The second-order valence-corrected chi connectivity index (χ2v) is 7.81. The van der Waals surface area contributed by atoms with E-state index in [0.29, 0.717) is 5.69 Å². The zero-order chi connectivity index (χ0) is 22.1. The van der Waals surface area contributed by atoms with Gasteiger partial charge >= 0.3 is 5.97 Å². The number of anilines is 1. The van der Waals surface area contributed by atoms with Crippen LogP contribution in [-0.4, -0.2) is 26.9 Å². The Hall–Kier alpha value is -4.11. The van der Waals surface area contributed by atoms with E-state index in [0.717, 1.165) is 38.5 Å². The summed E-state index contributed by atoms with van der Waals surface area (Å²) in [5, 5.41) is 24.0. The summed E-state index contributed by atoms with van der Waals surface area (Å²) in [7, 11) is 0. The minimum absolute atomic E-state index is 0.375. The number of thiazole rings is 1. The summed E-state index contributed by atoms with van der Waals surface area (Å²) in [4.78, 5) is 39.2. The number of aromatic carboxylic acids is 1. The Labute approximate surface area is 180 Å². The van der Waals surface area contributed by atoms with Crippen molar-refractivity contribution >= 4 is 44.8 Å². The largest absolute Gasteiger partial charge is 0.478 e. The maximum atomic E-state index is 12.7. The number of amides is 1. The molecule has 0 atom stereocenters. The molecule has 0 aliphatic heterocycles. The van der Waals surface area contributed by atoms with Gasteiger partial charge in [0.05, 0.1) is 20.7 Å². The van der Waals surface area contributed by atoms with Crippen molar-refractivity contribution in [3.8, 4) is 10.6 Å². The Morgan fingerprint density at radius 2 is 1.84 bits per heavy atom. The lowest BCUT2D eigenvalue weighted by atomic mass is 10.0. The molecule has 154 valence electrons. The third kappa shape index (κ3) is 3.99. The quantitative estimate of drug-likeness (QED) is 0.332. The maximum absolute atomic E-state index is 12.7. The summed E-state index contributed by atoms with van der Waals surface area (Å²) in [6, 6.07) is 16.3. The van der Waals surface area contributed by atoms with Crippen LogP contribution in [0.4, 0.5) is 11.4 Å². The number of fused-ring (bicyclic) bond motifs is 1. The Bertz CT molecular complexity index is 1310. The number of carboxylic acid groups (broad SMARTS) is 1. The normalized spacial score (nSPS) is 10.7. The third-order valence-corrected chi connectivity index (χ3v) is 5.70. The van der Waals surface area contributed by atoms with Gasteiger partial charge in [-0.3, -0.25) is 14.9 Å². The van der Waals surface area contributed by atoms with E-state index in [-0.39, 0.29) is 0 Å². The molecule has 0 spiro atoms. The van der Waals surface area contributed by atoms with Crippen molar-refractivity contribution in [1.82, 2.24) is 4.98 Å². The average molecular weight is 433 g/mol. The van der Waals surface area contributed by atoms with Crippen LogP contribution in [0.3, 0.4) is 0 Å². The number of aryl methyl sites for hydroxylation is 1. The van der Waals surface area contributed by atoms with Gasteiger partial charge in [0.2, 0.25) is 0 Å². The summed E-state index contributed by atoms with van der Waals surface area (Å²) < 4.78 is 1.07. The average Bonchev–Trinajstić information content (AvgIpc) is 3.16. The number of hydrogen-bond acceptors (Lipinski definition) is 6. The van der Waals surface area contributed by atoms with Crippen LogP contribution in [0.2, 0.25) is 0 Å². The Morgan fingerprint density at radius 3 is 2.52 bits per heavy atom. The number of benzene rings is 3. The minimum atomic E-state index is -1.42. The van der Waals surface area contributed by atoms with Crippen molar-refractivity contribution < 1.29 is 19.6 Å². The van der Waals surface area contributed by atoms with Crippen molar-refractivity contribution in [2.75, 3.05) is 5.32 Å². The number of nitro benzene ring substituents is 1.